The molecule has 9 heteroatoms. The second-order valence-corrected chi connectivity index (χ2v) is 18.3. The largest absolute Gasteiger partial charge is 0.478 e. The zero-order chi connectivity index (χ0) is 34.3. The van der Waals surface area contributed by atoms with Gasteiger partial charge in [-0.05, 0) is 156 Å². The van der Waals surface area contributed by atoms with Gasteiger partial charge in [-0.15, -0.1) is 0 Å². The van der Waals surface area contributed by atoms with Crippen molar-refractivity contribution < 1.29 is 29.7 Å². The van der Waals surface area contributed by atoms with Gasteiger partial charge in [0, 0.05) is 33.2 Å². The summed E-state index contributed by atoms with van der Waals surface area (Å²) in [6.45, 7) is 24.8. The second-order valence-electron chi connectivity index (χ2n) is 18.3. The van der Waals surface area contributed by atoms with Gasteiger partial charge in [0.05, 0.1) is 16.7 Å². The maximum atomic E-state index is 13.7. The summed E-state index contributed by atoms with van der Waals surface area (Å²) >= 11 is 0. The number of carboxylic acids is 3. The van der Waals surface area contributed by atoms with Gasteiger partial charge in [-0.2, -0.15) is 0 Å². The lowest BCUT2D eigenvalue weighted by atomic mass is 9.63. The van der Waals surface area contributed by atoms with Crippen LogP contribution in [0.3, 0.4) is 0 Å². The third-order valence-electron chi connectivity index (χ3n) is 10.1. The molecule has 3 heterocycles. The van der Waals surface area contributed by atoms with Gasteiger partial charge in [-0.25, -0.2) is 14.4 Å². The Labute approximate surface area is 269 Å². The number of hydrogen-bond donors (Lipinski definition) is 6. The van der Waals surface area contributed by atoms with Crippen LogP contribution in [0.25, 0.3) is 0 Å². The molecule has 0 aliphatic carbocycles. The Bertz CT molecular complexity index is 1360. The fourth-order valence-corrected chi connectivity index (χ4v) is 10.3. The molecule has 0 unspecified atom stereocenters. The molecule has 252 valence electrons. The highest BCUT2D eigenvalue weighted by Crippen LogP contribution is 2.52. The minimum absolute atomic E-state index is 0.0125. The maximum Gasteiger partial charge on any atom is 0.336 e. The number of nitrogens with one attached hydrogen (secondary N) is 3. The van der Waals surface area contributed by atoms with E-state index in [9.17, 15) is 29.7 Å². The summed E-state index contributed by atoms with van der Waals surface area (Å²) < 4.78 is 0. The molecule has 3 aliphatic heterocycles. The topological polar surface area (TPSA) is 148 Å². The first-order valence-corrected chi connectivity index (χ1v) is 16.5. The quantitative estimate of drug-likeness (QED) is 0.199. The van der Waals surface area contributed by atoms with E-state index >= 15 is 0 Å². The van der Waals surface area contributed by atoms with Crippen LogP contribution in [0.15, 0.2) is 0 Å². The average molecular weight is 628 g/mol. The van der Waals surface area contributed by atoms with Crippen molar-refractivity contribution in [3.05, 3.63) is 33.4 Å². The molecule has 1 aromatic carbocycles. The predicted molar refractivity (Wildman–Crippen MR) is 177 cm³/mol. The summed E-state index contributed by atoms with van der Waals surface area (Å²) in [6, 6.07) is 0. The van der Waals surface area contributed by atoms with Crippen molar-refractivity contribution in [3.8, 4) is 0 Å². The van der Waals surface area contributed by atoms with Crippen LogP contribution < -0.4 is 16.0 Å². The first kappa shape index (κ1) is 35.4. The Morgan fingerprint density at radius 1 is 0.422 bits per heavy atom. The van der Waals surface area contributed by atoms with E-state index in [1.807, 2.05) is 27.7 Å². The first-order valence-electron chi connectivity index (χ1n) is 16.5. The summed E-state index contributed by atoms with van der Waals surface area (Å²) in [6.07, 6.45) is 3.24. The van der Waals surface area contributed by atoms with Gasteiger partial charge in [-0.1, -0.05) is 0 Å². The van der Waals surface area contributed by atoms with Crippen molar-refractivity contribution in [3.63, 3.8) is 0 Å². The highest BCUT2D eigenvalue weighted by molar-refractivity contribution is 6.08. The van der Waals surface area contributed by atoms with Crippen molar-refractivity contribution in [1.82, 2.24) is 16.0 Å². The maximum absolute atomic E-state index is 13.7. The first-order chi connectivity index (χ1) is 20.2. The predicted octanol–water partition coefficient (Wildman–Crippen LogP) is 6.85. The van der Waals surface area contributed by atoms with E-state index in [1.165, 1.54) is 0 Å². The van der Waals surface area contributed by atoms with Gasteiger partial charge in [0.1, 0.15) is 0 Å². The zero-order valence-electron chi connectivity index (χ0n) is 29.5. The molecule has 45 heavy (non-hydrogen) atoms. The summed E-state index contributed by atoms with van der Waals surface area (Å²) in [5.41, 5.74) is -1.79. The number of piperidine rings is 3. The number of carboxylic acid groups (broad SMARTS) is 3. The standard InChI is InChI=1S/C36H57N3O6/c1-31(2)13-19(14-32(3,4)37-31)22-23(20-15-33(5,6)38-34(7,8)16-20)26(29(42)43)27(30(44)45)24(25(22)28(40)41)21-17-35(9,10)39-36(11,12)18-21/h19-21,37-39H,13-18H2,1-12H3,(H,40,41)(H,42,43)(H,44,45). The zero-order valence-corrected chi connectivity index (χ0v) is 29.5. The molecule has 0 saturated carbocycles. The lowest BCUT2D eigenvalue weighted by molar-refractivity contribution is 0.0638. The van der Waals surface area contributed by atoms with Crippen molar-refractivity contribution in [2.75, 3.05) is 0 Å². The SMILES string of the molecule is CC1(C)CC(c2c(C(=O)O)c(C(=O)O)c(C3CC(C)(C)NC(C)(C)C3)c(C3CC(C)(C)NC(C)(C)C3)c2C(=O)O)CC(C)(C)N1. The van der Waals surface area contributed by atoms with Gasteiger partial charge < -0.3 is 31.3 Å². The van der Waals surface area contributed by atoms with E-state index in [2.05, 4.69) is 71.3 Å². The Hall–Kier alpha value is -2.49. The lowest BCUT2D eigenvalue weighted by Gasteiger charge is -2.51. The number of rotatable bonds is 6. The van der Waals surface area contributed by atoms with Crippen LogP contribution in [-0.2, 0) is 0 Å². The number of benzene rings is 1. The Kier molecular flexibility index (Phi) is 8.69. The fraction of sp³-hybridized carbons (Fsp3) is 0.750. The van der Waals surface area contributed by atoms with Gasteiger partial charge >= 0.3 is 17.9 Å². The van der Waals surface area contributed by atoms with E-state index < -0.39 is 34.9 Å². The summed E-state index contributed by atoms with van der Waals surface area (Å²) in [5.74, 6) is -4.99. The monoisotopic (exact) mass is 627 g/mol. The van der Waals surface area contributed by atoms with E-state index in [0.29, 0.717) is 49.7 Å². The summed E-state index contributed by atoms with van der Waals surface area (Å²) in [7, 11) is 0. The smallest absolute Gasteiger partial charge is 0.336 e. The number of aromatic carboxylic acids is 3. The van der Waals surface area contributed by atoms with E-state index in [1.54, 1.807) is 0 Å². The Balaban J connectivity index is 2.23. The lowest BCUT2D eigenvalue weighted by Crippen LogP contribution is -2.58. The molecule has 0 bridgehead atoms. The van der Waals surface area contributed by atoms with Crippen molar-refractivity contribution in [1.29, 1.82) is 0 Å². The molecule has 0 aromatic heterocycles. The number of hydrogen-bond acceptors (Lipinski definition) is 6. The Morgan fingerprint density at radius 3 is 0.867 bits per heavy atom. The van der Waals surface area contributed by atoms with E-state index in [-0.39, 0.29) is 56.2 Å². The third-order valence-corrected chi connectivity index (χ3v) is 10.1. The van der Waals surface area contributed by atoms with Crippen LogP contribution in [0.4, 0.5) is 0 Å². The molecule has 3 aliphatic rings. The minimum atomic E-state index is -1.38. The van der Waals surface area contributed by atoms with Crippen molar-refractivity contribution in [2.24, 2.45) is 0 Å². The van der Waals surface area contributed by atoms with Gasteiger partial charge in [0.15, 0.2) is 0 Å². The molecule has 3 saturated heterocycles. The van der Waals surface area contributed by atoms with Crippen molar-refractivity contribution >= 4 is 17.9 Å². The van der Waals surface area contributed by atoms with Crippen LogP contribution >= 0.6 is 0 Å². The molecule has 0 spiro atoms. The molecular formula is C36H57N3O6. The highest BCUT2D eigenvalue weighted by Gasteiger charge is 2.49. The molecule has 3 fully saturated rings. The normalized spacial score (nSPS) is 25.9. The molecule has 4 rings (SSSR count). The van der Waals surface area contributed by atoms with Crippen LogP contribution in [0, 0.1) is 0 Å². The second kappa shape index (κ2) is 11.1. The molecule has 0 atom stereocenters. The van der Waals surface area contributed by atoms with Crippen LogP contribution in [0.5, 0.6) is 0 Å². The highest BCUT2D eigenvalue weighted by atomic mass is 16.4. The van der Waals surface area contributed by atoms with Crippen LogP contribution in [0.2, 0.25) is 0 Å². The van der Waals surface area contributed by atoms with Gasteiger partial charge in [0.2, 0.25) is 0 Å². The van der Waals surface area contributed by atoms with Gasteiger partial charge in [0.25, 0.3) is 0 Å². The molecular weight excluding hydrogens is 570 g/mol. The summed E-state index contributed by atoms with van der Waals surface area (Å²) in [5, 5.41) is 44.1. The van der Waals surface area contributed by atoms with Crippen molar-refractivity contribution in [2.45, 2.75) is 173 Å². The molecule has 0 radical (unpaired) electrons. The Morgan fingerprint density at radius 2 is 0.622 bits per heavy atom. The summed E-state index contributed by atoms with van der Waals surface area (Å²) in [4.78, 5) is 40.6. The molecule has 9 nitrogen and oxygen atoms in total. The molecule has 6 N–H and O–H groups in total. The minimum Gasteiger partial charge on any atom is -0.478 e. The fourth-order valence-electron chi connectivity index (χ4n) is 10.3. The van der Waals surface area contributed by atoms with Gasteiger partial charge in [-0.3, -0.25) is 0 Å². The molecule has 0 amide bonds. The number of carbonyl (C=O) groups is 3. The van der Waals surface area contributed by atoms with Crippen LogP contribution in [-0.4, -0.2) is 66.5 Å². The van der Waals surface area contributed by atoms with Crippen LogP contribution in [0.1, 0.15) is 187 Å². The molecule has 1 aromatic rings. The van der Waals surface area contributed by atoms with E-state index in [4.69, 9.17) is 0 Å². The average Bonchev–Trinajstić information content (AvgIpc) is 2.75. The third kappa shape index (κ3) is 7.41. The van der Waals surface area contributed by atoms with E-state index in [0.717, 1.165) is 0 Å².